The van der Waals surface area contributed by atoms with Crippen molar-refractivity contribution in [2.75, 3.05) is 6.61 Å². The van der Waals surface area contributed by atoms with Crippen LogP contribution in [0.5, 0.6) is 5.75 Å². The van der Waals surface area contributed by atoms with Gasteiger partial charge in [0.15, 0.2) is 0 Å². The predicted octanol–water partition coefficient (Wildman–Crippen LogP) is 2.85. The smallest absolute Gasteiger partial charge is 0.120 e. The fourth-order valence-corrected chi connectivity index (χ4v) is 1.10. The van der Waals surface area contributed by atoms with Crippen LogP contribution in [0, 0.1) is 28.1 Å². The zero-order valence-corrected chi connectivity index (χ0v) is 9.74. The van der Waals surface area contributed by atoms with E-state index in [2.05, 4.69) is 20.8 Å². The summed E-state index contributed by atoms with van der Waals surface area (Å²) in [5.41, 5.74) is 0.806. The highest BCUT2D eigenvalue weighted by molar-refractivity contribution is 5.49. The van der Waals surface area contributed by atoms with E-state index in [1.54, 1.807) is 18.2 Å². The van der Waals surface area contributed by atoms with E-state index in [0.717, 1.165) is 0 Å². The van der Waals surface area contributed by atoms with Gasteiger partial charge in [-0.2, -0.15) is 10.5 Å². The summed E-state index contributed by atoms with van der Waals surface area (Å²) in [5.74, 6) is 0.630. The van der Waals surface area contributed by atoms with Gasteiger partial charge in [-0.3, -0.25) is 0 Å². The average Bonchev–Trinajstić information content (AvgIpc) is 2.25. The second kappa shape index (κ2) is 4.68. The van der Waals surface area contributed by atoms with E-state index in [1.165, 1.54) is 0 Å². The molecular formula is C13H14N2O. The molecule has 3 heteroatoms. The topological polar surface area (TPSA) is 56.8 Å². The first-order valence-electron chi connectivity index (χ1n) is 5.03. The molecule has 0 unspecified atom stereocenters. The van der Waals surface area contributed by atoms with Gasteiger partial charge in [0.1, 0.15) is 17.9 Å². The minimum absolute atomic E-state index is 0.0701. The zero-order chi connectivity index (χ0) is 12.2. The molecule has 3 nitrogen and oxygen atoms in total. The maximum absolute atomic E-state index is 8.85. The molecule has 82 valence electrons. The van der Waals surface area contributed by atoms with Crippen LogP contribution in [0.25, 0.3) is 0 Å². The Bertz CT molecular complexity index is 458. The highest BCUT2D eigenvalue weighted by Crippen LogP contribution is 2.20. The van der Waals surface area contributed by atoms with Crippen LogP contribution in [-0.4, -0.2) is 6.61 Å². The monoisotopic (exact) mass is 214 g/mol. The second-order valence-corrected chi connectivity index (χ2v) is 4.78. The Morgan fingerprint density at radius 1 is 1.12 bits per heavy atom. The number of benzene rings is 1. The molecule has 0 spiro atoms. The molecule has 0 saturated carbocycles. The Morgan fingerprint density at radius 3 is 2.25 bits per heavy atom. The highest BCUT2D eigenvalue weighted by atomic mass is 16.5. The van der Waals surface area contributed by atoms with E-state index >= 15 is 0 Å². The number of hydrogen-bond donors (Lipinski definition) is 0. The Morgan fingerprint density at radius 2 is 1.75 bits per heavy atom. The molecule has 0 aliphatic rings. The van der Waals surface area contributed by atoms with Gasteiger partial charge in [-0.05, 0) is 23.6 Å². The minimum Gasteiger partial charge on any atom is -0.493 e. The Labute approximate surface area is 95.9 Å². The lowest BCUT2D eigenvalue weighted by Crippen LogP contribution is -2.16. The molecule has 0 N–H and O–H groups in total. The molecule has 0 bridgehead atoms. The molecule has 0 aromatic heterocycles. The van der Waals surface area contributed by atoms with Crippen LogP contribution in [0.1, 0.15) is 31.9 Å². The molecule has 0 saturated heterocycles. The van der Waals surface area contributed by atoms with E-state index in [1.807, 2.05) is 12.1 Å². The van der Waals surface area contributed by atoms with Crippen LogP contribution in [0.2, 0.25) is 0 Å². The first-order chi connectivity index (χ1) is 7.46. The SMILES string of the molecule is CC(C)(C)COc1ccc(C#N)c(C#N)c1. The van der Waals surface area contributed by atoms with Crippen molar-refractivity contribution in [2.24, 2.45) is 5.41 Å². The Kier molecular flexibility index (Phi) is 3.53. The lowest BCUT2D eigenvalue weighted by atomic mass is 9.99. The summed E-state index contributed by atoms with van der Waals surface area (Å²) in [5, 5.41) is 17.6. The summed E-state index contributed by atoms with van der Waals surface area (Å²) in [6.07, 6.45) is 0. The summed E-state index contributed by atoms with van der Waals surface area (Å²) in [6, 6.07) is 8.87. The van der Waals surface area contributed by atoms with E-state index in [4.69, 9.17) is 15.3 Å². The van der Waals surface area contributed by atoms with E-state index in [-0.39, 0.29) is 5.41 Å². The van der Waals surface area contributed by atoms with Crippen LogP contribution < -0.4 is 4.74 Å². The third-order valence-electron chi connectivity index (χ3n) is 1.90. The molecule has 1 aromatic carbocycles. The van der Waals surface area contributed by atoms with Crippen molar-refractivity contribution in [3.05, 3.63) is 29.3 Å². The molecule has 16 heavy (non-hydrogen) atoms. The van der Waals surface area contributed by atoms with Crippen molar-refractivity contribution in [1.82, 2.24) is 0 Å². The second-order valence-electron chi connectivity index (χ2n) is 4.78. The number of rotatable bonds is 2. The highest BCUT2D eigenvalue weighted by Gasteiger charge is 2.11. The van der Waals surface area contributed by atoms with Crippen molar-refractivity contribution in [3.63, 3.8) is 0 Å². The fraction of sp³-hybridized carbons (Fsp3) is 0.385. The maximum Gasteiger partial charge on any atom is 0.120 e. The van der Waals surface area contributed by atoms with Gasteiger partial charge in [0.05, 0.1) is 17.7 Å². The summed E-state index contributed by atoms with van der Waals surface area (Å²) in [4.78, 5) is 0. The van der Waals surface area contributed by atoms with Crippen LogP contribution in [-0.2, 0) is 0 Å². The summed E-state index contributed by atoms with van der Waals surface area (Å²) < 4.78 is 5.55. The van der Waals surface area contributed by atoms with Crippen LogP contribution >= 0.6 is 0 Å². The largest absolute Gasteiger partial charge is 0.493 e. The molecule has 1 aromatic rings. The minimum atomic E-state index is 0.0701. The number of ether oxygens (including phenoxy) is 1. The van der Waals surface area contributed by atoms with Gasteiger partial charge in [0.25, 0.3) is 0 Å². The lowest BCUT2D eigenvalue weighted by molar-refractivity contribution is 0.198. The normalized spacial score (nSPS) is 10.3. The average molecular weight is 214 g/mol. The number of nitriles is 2. The van der Waals surface area contributed by atoms with E-state index in [0.29, 0.717) is 23.5 Å². The summed E-state index contributed by atoms with van der Waals surface area (Å²) in [6.45, 7) is 6.79. The third-order valence-corrected chi connectivity index (χ3v) is 1.90. The zero-order valence-electron chi connectivity index (χ0n) is 9.74. The van der Waals surface area contributed by atoms with Crippen LogP contribution in [0.3, 0.4) is 0 Å². The quantitative estimate of drug-likeness (QED) is 0.760. The molecule has 0 aliphatic heterocycles. The number of hydrogen-bond acceptors (Lipinski definition) is 3. The molecule has 0 aliphatic carbocycles. The van der Waals surface area contributed by atoms with Gasteiger partial charge in [0.2, 0.25) is 0 Å². The van der Waals surface area contributed by atoms with Crippen molar-refractivity contribution in [1.29, 1.82) is 10.5 Å². The molecule has 0 fully saturated rings. The predicted molar refractivity (Wildman–Crippen MR) is 60.8 cm³/mol. The van der Waals surface area contributed by atoms with Crippen molar-refractivity contribution in [2.45, 2.75) is 20.8 Å². The van der Waals surface area contributed by atoms with E-state index < -0.39 is 0 Å². The van der Waals surface area contributed by atoms with Gasteiger partial charge in [-0.15, -0.1) is 0 Å². The molecule has 0 atom stereocenters. The fourth-order valence-electron chi connectivity index (χ4n) is 1.10. The standard InChI is InChI=1S/C13H14N2O/c1-13(2,3)9-16-12-5-4-10(7-14)11(6-12)8-15/h4-6H,9H2,1-3H3. The van der Waals surface area contributed by atoms with Gasteiger partial charge >= 0.3 is 0 Å². The maximum atomic E-state index is 8.85. The van der Waals surface area contributed by atoms with Gasteiger partial charge in [-0.1, -0.05) is 20.8 Å². The van der Waals surface area contributed by atoms with Crippen LogP contribution in [0.15, 0.2) is 18.2 Å². The third kappa shape index (κ3) is 3.29. The first kappa shape index (κ1) is 12.1. The van der Waals surface area contributed by atoms with Gasteiger partial charge < -0.3 is 4.74 Å². The van der Waals surface area contributed by atoms with Gasteiger partial charge in [0, 0.05) is 0 Å². The van der Waals surface area contributed by atoms with Crippen molar-refractivity contribution >= 4 is 0 Å². The molecule has 1 rings (SSSR count). The molecule has 0 amide bonds. The Hall–Kier alpha value is -2.00. The first-order valence-corrected chi connectivity index (χ1v) is 5.03. The molecule has 0 radical (unpaired) electrons. The molecule has 0 heterocycles. The van der Waals surface area contributed by atoms with Crippen LogP contribution in [0.4, 0.5) is 0 Å². The lowest BCUT2D eigenvalue weighted by Gasteiger charge is -2.18. The van der Waals surface area contributed by atoms with E-state index in [9.17, 15) is 0 Å². The summed E-state index contributed by atoms with van der Waals surface area (Å²) >= 11 is 0. The van der Waals surface area contributed by atoms with Gasteiger partial charge in [-0.25, -0.2) is 0 Å². The number of nitrogens with zero attached hydrogens (tertiary/aromatic N) is 2. The molecular weight excluding hydrogens is 200 g/mol. The Balaban J connectivity index is 2.86. The van der Waals surface area contributed by atoms with Crippen molar-refractivity contribution < 1.29 is 4.74 Å². The summed E-state index contributed by atoms with van der Waals surface area (Å²) in [7, 11) is 0. The van der Waals surface area contributed by atoms with Crippen molar-refractivity contribution in [3.8, 4) is 17.9 Å².